The van der Waals surface area contributed by atoms with Gasteiger partial charge in [0.05, 0.1) is 17.6 Å². The number of hydrogen-bond donors (Lipinski definition) is 1. The number of halogens is 1. The molecule has 0 fully saturated rings. The Kier molecular flexibility index (Phi) is 6.51. The third kappa shape index (κ3) is 5.18. The van der Waals surface area contributed by atoms with E-state index >= 15 is 0 Å². The molecule has 0 aromatic heterocycles. The molecule has 1 N–H and O–H groups in total. The van der Waals surface area contributed by atoms with Crippen LogP contribution in [0.2, 0.25) is 5.02 Å². The minimum absolute atomic E-state index is 0.0679. The molecule has 0 unspecified atom stereocenters. The maximum atomic E-state index is 11.9. The third-order valence-electron chi connectivity index (χ3n) is 3.34. The van der Waals surface area contributed by atoms with E-state index in [4.69, 9.17) is 21.1 Å². The van der Waals surface area contributed by atoms with Gasteiger partial charge >= 0.3 is 5.97 Å². The monoisotopic (exact) mass is 378 g/mol. The van der Waals surface area contributed by atoms with Crippen LogP contribution < -0.4 is 10.1 Å². The summed E-state index contributed by atoms with van der Waals surface area (Å²) in [6.07, 6.45) is 0. The molecule has 0 atom stereocenters. The summed E-state index contributed by atoms with van der Waals surface area (Å²) in [5.41, 5.74) is 0.336. The lowest BCUT2D eigenvalue weighted by Gasteiger charge is -2.08. The van der Waals surface area contributed by atoms with E-state index in [1.54, 1.807) is 18.2 Å². The van der Waals surface area contributed by atoms with E-state index in [1.165, 1.54) is 19.2 Å². The van der Waals surface area contributed by atoms with Crippen LogP contribution in [0.15, 0.2) is 42.5 Å². The molecule has 0 aliphatic rings. The number of rotatable bonds is 7. The quantitative estimate of drug-likeness (QED) is 0.451. The van der Waals surface area contributed by atoms with Crippen LogP contribution in [-0.2, 0) is 16.1 Å². The van der Waals surface area contributed by atoms with E-state index in [2.05, 4.69) is 5.32 Å². The van der Waals surface area contributed by atoms with Crippen molar-refractivity contribution in [2.45, 2.75) is 6.54 Å². The fourth-order valence-electron chi connectivity index (χ4n) is 2.03. The van der Waals surface area contributed by atoms with Gasteiger partial charge in [-0.15, -0.1) is 0 Å². The van der Waals surface area contributed by atoms with Crippen molar-refractivity contribution in [3.05, 3.63) is 68.7 Å². The summed E-state index contributed by atoms with van der Waals surface area (Å²) in [7, 11) is 1.54. The van der Waals surface area contributed by atoms with Gasteiger partial charge in [0.25, 0.3) is 11.6 Å². The number of hydrogen-bond acceptors (Lipinski definition) is 6. The normalized spacial score (nSPS) is 10.1. The Labute approximate surface area is 153 Å². The maximum Gasteiger partial charge on any atom is 0.338 e. The Hall–Kier alpha value is -3.13. The lowest BCUT2D eigenvalue weighted by atomic mass is 10.2. The van der Waals surface area contributed by atoms with Crippen molar-refractivity contribution in [3.8, 4) is 5.75 Å². The minimum atomic E-state index is -0.860. The summed E-state index contributed by atoms with van der Waals surface area (Å²) >= 11 is 5.68. The van der Waals surface area contributed by atoms with Crippen LogP contribution >= 0.6 is 11.6 Å². The van der Waals surface area contributed by atoms with Crippen molar-refractivity contribution < 1.29 is 24.0 Å². The number of nitrogens with one attached hydrogen (secondary N) is 1. The van der Waals surface area contributed by atoms with Gasteiger partial charge in [-0.25, -0.2) is 4.79 Å². The first-order valence-electron chi connectivity index (χ1n) is 7.41. The van der Waals surface area contributed by atoms with Gasteiger partial charge in [0.1, 0.15) is 10.8 Å². The maximum absolute atomic E-state index is 11.9. The van der Waals surface area contributed by atoms with Crippen LogP contribution in [0, 0.1) is 10.1 Å². The summed E-state index contributed by atoms with van der Waals surface area (Å²) in [6, 6.07) is 10.6. The fourth-order valence-corrected chi connectivity index (χ4v) is 2.21. The highest BCUT2D eigenvalue weighted by molar-refractivity contribution is 6.32. The Bertz CT molecular complexity index is 840. The number of amides is 1. The van der Waals surface area contributed by atoms with Gasteiger partial charge in [0.15, 0.2) is 6.61 Å². The number of carbonyl (C=O) groups excluding carboxylic acids is 2. The molecule has 136 valence electrons. The highest BCUT2D eigenvalue weighted by Crippen LogP contribution is 2.25. The molecule has 26 heavy (non-hydrogen) atoms. The zero-order chi connectivity index (χ0) is 19.1. The van der Waals surface area contributed by atoms with Gasteiger partial charge in [-0.2, -0.15) is 0 Å². The van der Waals surface area contributed by atoms with E-state index in [0.717, 1.165) is 11.6 Å². The highest BCUT2D eigenvalue weighted by Gasteiger charge is 2.17. The van der Waals surface area contributed by atoms with Gasteiger partial charge in [-0.1, -0.05) is 23.7 Å². The SMILES string of the molecule is COc1cccc(CNC(=O)COC(=O)c2ccc(Cl)c([N+](=O)[O-])c2)c1. The number of nitro benzene ring substituents is 1. The minimum Gasteiger partial charge on any atom is -0.497 e. The van der Waals surface area contributed by atoms with Crippen LogP contribution in [0.4, 0.5) is 5.69 Å². The summed E-state index contributed by atoms with van der Waals surface area (Å²) < 4.78 is 9.94. The average molecular weight is 379 g/mol. The van der Waals surface area contributed by atoms with Crippen molar-refractivity contribution in [2.75, 3.05) is 13.7 Å². The number of esters is 1. The first-order valence-corrected chi connectivity index (χ1v) is 7.79. The fraction of sp³-hybridized carbons (Fsp3) is 0.176. The second kappa shape index (κ2) is 8.82. The molecule has 2 rings (SSSR count). The highest BCUT2D eigenvalue weighted by atomic mass is 35.5. The Morgan fingerprint density at radius 1 is 1.23 bits per heavy atom. The van der Waals surface area contributed by atoms with Crippen molar-refractivity contribution >= 4 is 29.2 Å². The largest absolute Gasteiger partial charge is 0.497 e. The Morgan fingerprint density at radius 3 is 2.69 bits per heavy atom. The molecule has 2 aromatic carbocycles. The molecule has 0 radical (unpaired) electrons. The molecule has 1 amide bonds. The molecular weight excluding hydrogens is 364 g/mol. The Balaban J connectivity index is 1.87. The number of nitrogens with zero attached hydrogens (tertiary/aromatic N) is 1. The van der Waals surface area contributed by atoms with Crippen LogP contribution in [0.25, 0.3) is 0 Å². The third-order valence-corrected chi connectivity index (χ3v) is 3.66. The molecule has 0 heterocycles. The van der Waals surface area contributed by atoms with Gasteiger partial charge in [0.2, 0.25) is 0 Å². The smallest absolute Gasteiger partial charge is 0.338 e. The first-order chi connectivity index (χ1) is 12.4. The van der Waals surface area contributed by atoms with Crippen molar-refractivity contribution in [3.63, 3.8) is 0 Å². The van der Waals surface area contributed by atoms with Crippen molar-refractivity contribution in [1.29, 1.82) is 0 Å². The zero-order valence-corrected chi connectivity index (χ0v) is 14.5. The van der Waals surface area contributed by atoms with Crippen LogP contribution in [0.1, 0.15) is 15.9 Å². The topological polar surface area (TPSA) is 108 Å². The van der Waals surface area contributed by atoms with E-state index in [1.807, 2.05) is 6.07 Å². The van der Waals surface area contributed by atoms with Crippen LogP contribution in [0.5, 0.6) is 5.75 Å². The molecule has 0 aliphatic heterocycles. The molecule has 0 aliphatic carbocycles. The number of carbonyl (C=O) groups is 2. The standard InChI is InChI=1S/C17H15ClN2O6/c1-25-13-4-2-3-11(7-13)9-19-16(21)10-26-17(22)12-5-6-14(18)15(8-12)20(23)24/h2-8H,9-10H2,1H3,(H,19,21). The lowest BCUT2D eigenvalue weighted by molar-refractivity contribution is -0.384. The summed E-state index contributed by atoms with van der Waals surface area (Å²) in [6.45, 7) is -0.279. The molecule has 0 saturated heterocycles. The van der Waals surface area contributed by atoms with Gasteiger partial charge in [-0.05, 0) is 29.8 Å². The van der Waals surface area contributed by atoms with Crippen molar-refractivity contribution in [1.82, 2.24) is 5.32 Å². The predicted molar refractivity (Wildman–Crippen MR) is 93.2 cm³/mol. The summed E-state index contributed by atoms with van der Waals surface area (Å²) in [5, 5.41) is 13.3. The lowest BCUT2D eigenvalue weighted by Crippen LogP contribution is -2.28. The second-order valence-corrected chi connectivity index (χ2v) is 5.53. The number of methoxy groups -OCH3 is 1. The van der Waals surface area contributed by atoms with Gasteiger partial charge < -0.3 is 14.8 Å². The molecule has 0 bridgehead atoms. The van der Waals surface area contributed by atoms with E-state index in [0.29, 0.717) is 5.75 Å². The van der Waals surface area contributed by atoms with Gasteiger partial charge in [-0.3, -0.25) is 14.9 Å². The molecule has 8 nitrogen and oxygen atoms in total. The average Bonchev–Trinajstić information content (AvgIpc) is 2.64. The zero-order valence-electron chi connectivity index (χ0n) is 13.7. The number of nitro groups is 1. The van der Waals surface area contributed by atoms with Gasteiger partial charge in [0, 0.05) is 12.6 Å². The van der Waals surface area contributed by atoms with Crippen LogP contribution in [-0.4, -0.2) is 30.5 Å². The molecule has 9 heteroatoms. The molecule has 2 aromatic rings. The molecule has 0 saturated carbocycles. The van der Waals surface area contributed by atoms with E-state index < -0.39 is 29.1 Å². The molecular formula is C17H15ClN2O6. The van der Waals surface area contributed by atoms with E-state index in [9.17, 15) is 19.7 Å². The Morgan fingerprint density at radius 2 is 2.00 bits per heavy atom. The second-order valence-electron chi connectivity index (χ2n) is 5.13. The molecule has 0 spiro atoms. The van der Waals surface area contributed by atoms with Crippen LogP contribution in [0.3, 0.4) is 0 Å². The van der Waals surface area contributed by atoms with Crippen molar-refractivity contribution in [2.24, 2.45) is 0 Å². The number of ether oxygens (including phenoxy) is 2. The number of benzene rings is 2. The summed E-state index contributed by atoms with van der Waals surface area (Å²) in [5.74, 6) is -0.710. The first kappa shape index (κ1) is 19.2. The van der Waals surface area contributed by atoms with E-state index in [-0.39, 0.29) is 17.1 Å². The predicted octanol–water partition coefficient (Wildman–Crippen LogP) is 2.73. The summed E-state index contributed by atoms with van der Waals surface area (Å²) in [4.78, 5) is 33.8.